The molecule has 0 unspecified atom stereocenters. The van der Waals surface area contributed by atoms with E-state index in [1.165, 1.54) is 0 Å². The fourth-order valence-corrected chi connectivity index (χ4v) is 3.72. The number of H-pyrrole nitrogens is 1. The Balaban J connectivity index is 0.00000289. The lowest BCUT2D eigenvalue weighted by molar-refractivity contribution is -0.137. The van der Waals surface area contributed by atoms with Crippen LogP contribution >= 0.6 is 12.4 Å². The van der Waals surface area contributed by atoms with Crippen molar-refractivity contribution >= 4 is 35.1 Å². The number of halogens is 1. The maximum atomic E-state index is 11.5. The summed E-state index contributed by atoms with van der Waals surface area (Å²) in [5, 5.41) is 13.7. The molecule has 32 heavy (non-hydrogen) atoms. The molecule has 0 aliphatic heterocycles. The molecule has 4 rings (SSSR count). The summed E-state index contributed by atoms with van der Waals surface area (Å²) in [5.74, 6) is 0.616. The van der Waals surface area contributed by atoms with Crippen molar-refractivity contribution < 1.29 is 14.6 Å². The van der Waals surface area contributed by atoms with Crippen LogP contribution in [0.2, 0.25) is 0 Å². The van der Waals surface area contributed by atoms with E-state index in [0.29, 0.717) is 6.61 Å². The number of nitrogens with one attached hydrogen (secondary N) is 2. The van der Waals surface area contributed by atoms with E-state index >= 15 is 0 Å². The number of carboxylic acids is 1. The van der Waals surface area contributed by atoms with Gasteiger partial charge in [-0.15, -0.1) is 12.4 Å². The molecule has 166 valence electrons. The Morgan fingerprint density at radius 1 is 1.09 bits per heavy atom. The van der Waals surface area contributed by atoms with Crippen molar-refractivity contribution in [3.05, 3.63) is 90.3 Å². The van der Waals surface area contributed by atoms with Gasteiger partial charge in [-0.05, 0) is 41.8 Å². The van der Waals surface area contributed by atoms with Crippen LogP contribution in [0.15, 0.2) is 79.1 Å². The van der Waals surface area contributed by atoms with Gasteiger partial charge < -0.3 is 20.1 Å². The van der Waals surface area contributed by atoms with E-state index in [0.717, 1.165) is 46.6 Å². The quantitative estimate of drug-likeness (QED) is 0.278. The van der Waals surface area contributed by atoms with Gasteiger partial charge in [0.1, 0.15) is 11.6 Å². The summed E-state index contributed by atoms with van der Waals surface area (Å²) in [7, 11) is 0. The highest BCUT2D eigenvalue weighted by Crippen LogP contribution is 2.34. The van der Waals surface area contributed by atoms with Crippen molar-refractivity contribution in [3.63, 3.8) is 0 Å². The van der Waals surface area contributed by atoms with Crippen LogP contribution in [0.1, 0.15) is 29.9 Å². The number of aromatic nitrogens is 2. The van der Waals surface area contributed by atoms with Gasteiger partial charge in [0.25, 0.3) is 0 Å². The standard InChI is InChI=1S/C25H25N3O3.ClH/c29-25(30)16-21(18-7-2-1-3-8-18)22-17-28-23-15-19(10-11-20(22)23)31-14-6-13-27-24-9-4-5-12-26-24;/h1-5,7-12,15,17,21,28H,6,13-14,16H2,(H,26,27)(H,29,30);1H/t21-;/m0./s1. The zero-order valence-corrected chi connectivity index (χ0v) is 18.3. The highest BCUT2D eigenvalue weighted by atomic mass is 35.5. The maximum Gasteiger partial charge on any atom is 0.304 e. The molecule has 0 spiro atoms. The second kappa shape index (κ2) is 11.2. The summed E-state index contributed by atoms with van der Waals surface area (Å²) in [4.78, 5) is 19.0. The smallest absolute Gasteiger partial charge is 0.304 e. The van der Waals surface area contributed by atoms with Crippen molar-refractivity contribution in [2.24, 2.45) is 0 Å². The number of anilines is 1. The number of aromatic amines is 1. The second-order valence-electron chi connectivity index (χ2n) is 7.36. The first-order chi connectivity index (χ1) is 15.2. The number of aliphatic carboxylic acids is 1. The normalized spacial score (nSPS) is 11.5. The highest BCUT2D eigenvalue weighted by molar-refractivity contribution is 5.86. The van der Waals surface area contributed by atoms with Crippen LogP contribution < -0.4 is 10.1 Å². The van der Waals surface area contributed by atoms with Crippen LogP contribution in [-0.2, 0) is 4.79 Å². The fraction of sp³-hybridized carbons (Fsp3) is 0.200. The average molecular weight is 452 g/mol. The maximum absolute atomic E-state index is 11.5. The first-order valence-electron chi connectivity index (χ1n) is 10.4. The molecule has 0 saturated heterocycles. The van der Waals surface area contributed by atoms with Crippen LogP contribution in [0.3, 0.4) is 0 Å². The van der Waals surface area contributed by atoms with Crippen LogP contribution in [0.4, 0.5) is 5.82 Å². The lowest BCUT2D eigenvalue weighted by Crippen LogP contribution is -2.08. The third kappa shape index (κ3) is 5.80. The molecule has 0 bridgehead atoms. The fourth-order valence-electron chi connectivity index (χ4n) is 3.72. The van der Waals surface area contributed by atoms with E-state index in [-0.39, 0.29) is 24.7 Å². The largest absolute Gasteiger partial charge is 0.493 e. The van der Waals surface area contributed by atoms with Gasteiger partial charge in [0.05, 0.1) is 13.0 Å². The minimum Gasteiger partial charge on any atom is -0.493 e. The van der Waals surface area contributed by atoms with Gasteiger partial charge in [-0.25, -0.2) is 4.98 Å². The Hall–Kier alpha value is -3.51. The lowest BCUT2D eigenvalue weighted by Gasteiger charge is -2.15. The van der Waals surface area contributed by atoms with Crippen molar-refractivity contribution in [2.75, 3.05) is 18.5 Å². The van der Waals surface area contributed by atoms with Crippen molar-refractivity contribution in [1.82, 2.24) is 9.97 Å². The molecule has 2 aromatic heterocycles. The number of ether oxygens (including phenoxy) is 1. The Kier molecular flexibility index (Phi) is 8.11. The Bertz CT molecular complexity index is 1130. The molecule has 0 radical (unpaired) electrons. The summed E-state index contributed by atoms with van der Waals surface area (Å²) >= 11 is 0. The van der Waals surface area contributed by atoms with Crippen molar-refractivity contribution in [3.8, 4) is 5.75 Å². The van der Waals surface area contributed by atoms with Crippen molar-refractivity contribution in [2.45, 2.75) is 18.8 Å². The first-order valence-corrected chi connectivity index (χ1v) is 10.4. The molecule has 0 fully saturated rings. The van der Waals surface area contributed by atoms with Gasteiger partial charge in [-0.2, -0.15) is 0 Å². The van der Waals surface area contributed by atoms with Gasteiger partial charge in [0, 0.05) is 41.8 Å². The topological polar surface area (TPSA) is 87.2 Å². The monoisotopic (exact) mass is 451 g/mol. The van der Waals surface area contributed by atoms with E-state index in [4.69, 9.17) is 4.74 Å². The van der Waals surface area contributed by atoms with Gasteiger partial charge in [-0.1, -0.05) is 36.4 Å². The molecular weight excluding hydrogens is 426 g/mol. The van der Waals surface area contributed by atoms with E-state index in [2.05, 4.69) is 15.3 Å². The third-order valence-electron chi connectivity index (χ3n) is 5.20. The number of carbonyl (C=O) groups is 1. The number of hydrogen-bond acceptors (Lipinski definition) is 4. The summed E-state index contributed by atoms with van der Waals surface area (Å²) in [6.45, 7) is 1.37. The Morgan fingerprint density at radius 2 is 1.91 bits per heavy atom. The van der Waals surface area contributed by atoms with Crippen molar-refractivity contribution in [1.29, 1.82) is 0 Å². The van der Waals surface area contributed by atoms with E-state index in [1.807, 2.05) is 72.9 Å². The van der Waals surface area contributed by atoms with Gasteiger partial charge in [0.2, 0.25) is 0 Å². The van der Waals surface area contributed by atoms with E-state index < -0.39 is 5.97 Å². The second-order valence-corrected chi connectivity index (χ2v) is 7.36. The summed E-state index contributed by atoms with van der Waals surface area (Å²) in [6.07, 6.45) is 4.56. The van der Waals surface area contributed by atoms with Gasteiger partial charge in [0.15, 0.2) is 0 Å². The first kappa shape index (κ1) is 23.2. The molecule has 2 heterocycles. The summed E-state index contributed by atoms with van der Waals surface area (Å²) in [5.41, 5.74) is 2.91. The number of nitrogens with zero attached hydrogens (tertiary/aromatic N) is 1. The molecule has 6 nitrogen and oxygen atoms in total. The van der Waals surface area contributed by atoms with Crippen LogP contribution in [0, 0.1) is 0 Å². The summed E-state index contributed by atoms with van der Waals surface area (Å²) in [6, 6.07) is 21.4. The van der Waals surface area contributed by atoms with Crippen LogP contribution in [0.25, 0.3) is 10.9 Å². The molecule has 2 aromatic carbocycles. The molecule has 7 heteroatoms. The molecular formula is C25H26ClN3O3. The van der Waals surface area contributed by atoms with Gasteiger partial charge in [-0.3, -0.25) is 4.79 Å². The predicted molar refractivity (Wildman–Crippen MR) is 129 cm³/mol. The van der Waals surface area contributed by atoms with Gasteiger partial charge >= 0.3 is 5.97 Å². The number of benzene rings is 2. The third-order valence-corrected chi connectivity index (χ3v) is 5.20. The average Bonchev–Trinajstić information content (AvgIpc) is 3.21. The molecule has 0 aliphatic rings. The molecule has 0 saturated carbocycles. The number of fused-ring (bicyclic) bond motifs is 1. The molecule has 1 atom stereocenters. The number of hydrogen-bond donors (Lipinski definition) is 3. The minimum absolute atomic E-state index is 0. The SMILES string of the molecule is Cl.O=C(O)C[C@@H](c1ccccc1)c1c[nH]c2cc(OCCCNc3ccccn3)ccc12. The zero-order valence-electron chi connectivity index (χ0n) is 17.5. The molecule has 4 aromatic rings. The number of carboxylic acid groups (broad SMARTS) is 1. The van der Waals surface area contributed by atoms with E-state index in [1.54, 1.807) is 6.20 Å². The number of rotatable bonds is 10. The lowest BCUT2D eigenvalue weighted by atomic mass is 9.88. The van der Waals surface area contributed by atoms with E-state index in [9.17, 15) is 9.90 Å². The predicted octanol–water partition coefficient (Wildman–Crippen LogP) is 5.47. The highest BCUT2D eigenvalue weighted by Gasteiger charge is 2.21. The molecule has 0 amide bonds. The zero-order chi connectivity index (χ0) is 21.5. The molecule has 3 N–H and O–H groups in total. The summed E-state index contributed by atoms with van der Waals surface area (Å²) < 4.78 is 5.90. The molecule has 0 aliphatic carbocycles. The minimum atomic E-state index is -0.817. The van der Waals surface area contributed by atoms with Crippen LogP contribution in [-0.4, -0.2) is 34.2 Å². The number of pyridine rings is 1. The van der Waals surface area contributed by atoms with Crippen LogP contribution in [0.5, 0.6) is 5.75 Å². The Morgan fingerprint density at radius 3 is 2.66 bits per heavy atom. The Labute approximate surface area is 193 Å².